The van der Waals surface area contributed by atoms with Crippen molar-refractivity contribution in [2.75, 3.05) is 5.75 Å². The summed E-state index contributed by atoms with van der Waals surface area (Å²) in [6, 6.07) is 8.22. The van der Waals surface area contributed by atoms with Crippen molar-refractivity contribution in [1.29, 1.82) is 0 Å². The first-order valence-corrected chi connectivity index (χ1v) is 11.2. The SMILES string of the molecule is C=CC[C@](O)(C(=O)N1[C@H]2C[C@@H]3CC[C@@]2(CS1(=O)=O)C3(C)C)c1ccccc1. The molecule has 5 nitrogen and oxygen atoms in total. The van der Waals surface area contributed by atoms with Gasteiger partial charge in [-0.1, -0.05) is 50.3 Å². The third kappa shape index (κ3) is 2.26. The fourth-order valence-electron chi connectivity index (χ4n) is 5.99. The highest BCUT2D eigenvalue weighted by atomic mass is 32.2. The molecular formula is C21H27NO4S. The van der Waals surface area contributed by atoms with Crippen LogP contribution < -0.4 is 0 Å². The molecule has 1 aromatic rings. The maximum atomic E-state index is 13.5. The number of sulfonamides is 1. The molecule has 6 heteroatoms. The van der Waals surface area contributed by atoms with E-state index in [-0.39, 0.29) is 23.6 Å². The molecule has 3 aliphatic rings. The average molecular weight is 390 g/mol. The average Bonchev–Trinajstić information content (AvgIpc) is 3.09. The van der Waals surface area contributed by atoms with Crippen LogP contribution in [0.2, 0.25) is 0 Å². The molecule has 1 amide bonds. The molecule has 1 aliphatic heterocycles. The molecule has 27 heavy (non-hydrogen) atoms. The Hall–Kier alpha value is -1.66. The molecule has 146 valence electrons. The minimum atomic E-state index is -3.78. The zero-order valence-electron chi connectivity index (χ0n) is 15.9. The summed E-state index contributed by atoms with van der Waals surface area (Å²) in [5.74, 6) is -0.324. The summed E-state index contributed by atoms with van der Waals surface area (Å²) in [6.07, 6.45) is 3.96. The number of amides is 1. The van der Waals surface area contributed by atoms with Crippen molar-refractivity contribution < 1.29 is 18.3 Å². The molecular weight excluding hydrogens is 362 g/mol. The molecule has 1 aromatic carbocycles. The summed E-state index contributed by atoms with van der Waals surface area (Å²) in [6.45, 7) is 7.94. The van der Waals surface area contributed by atoms with Gasteiger partial charge in [0.15, 0.2) is 5.60 Å². The van der Waals surface area contributed by atoms with Gasteiger partial charge < -0.3 is 5.11 Å². The van der Waals surface area contributed by atoms with Crippen LogP contribution in [0.1, 0.15) is 45.1 Å². The summed E-state index contributed by atoms with van der Waals surface area (Å²) in [7, 11) is -3.78. The topological polar surface area (TPSA) is 74.7 Å². The number of carbonyl (C=O) groups is 1. The van der Waals surface area contributed by atoms with Gasteiger partial charge in [-0.3, -0.25) is 4.79 Å². The maximum absolute atomic E-state index is 13.5. The van der Waals surface area contributed by atoms with Gasteiger partial charge in [-0.2, -0.15) is 0 Å². The normalized spacial score (nSPS) is 34.9. The molecule has 0 unspecified atom stereocenters. The molecule has 4 rings (SSSR count). The van der Waals surface area contributed by atoms with E-state index in [0.29, 0.717) is 17.9 Å². The van der Waals surface area contributed by atoms with Crippen LogP contribution in [-0.4, -0.2) is 35.5 Å². The van der Waals surface area contributed by atoms with Crippen LogP contribution in [0, 0.1) is 16.7 Å². The summed E-state index contributed by atoms with van der Waals surface area (Å²) in [4.78, 5) is 13.5. The second-order valence-electron chi connectivity index (χ2n) is 8.94. The lowest BCUT2D eigenvalue weighted by Crippen LogP contribution is -2.52. The smallest absolute Gasteiger partial charge is 0.273 e. The molecule has 2 aliphatic carbocycles. The lowest BCUT2D eigenvalue weighted by Gasteiger charge is -2.38. The van der Waals surface area contributed by atoms with Crippen molar-refractivity contribution in [2.24, 2.45) is 16.7 Å². The van der Waals surface area contributed by atoms with E-state index in [1.54, 1.807) is 30.3 Å². The largest absolute Gasteiger partial charge is 0.375 e. The number of nitrogens with zero attached hydrogens (tertiary/aromatic N) is 1. The van der Waals surface area contributed by atoms with Gasteiger partial charge in [0.2, 0.25) is 10.0 Å². The second kappa shape index (κ2) is 5.67. The lowest BCUT2D eigenvalue weighted by atomic mass is 9.69. The minimum Gasteiger partial charge on any atom is -0.375 e. The van der Waals surface area contributed by atoms with Crippen molar-refractivity contribution in [3.63, 3.8) is 0 Å². The molecule has 2 saturated carbocycles. The fourth-order valence-corrected chi connectivity index (χ4v) is 8.57. The Morgan fingerprint density at radius 2 is 2.04 bits per heavy atom. The van der Waals surface area contributed by atoms with Crippen LogP contribution in [0.5, 0.6) is 0 Å². The summed E-state index contributed by atoms with van der Waals surface area (Å²) < 4.78 is 27.3. The Balaban J connectivity index is 1.80. The summed E-state index contributed by atoms with van der Waals surface area (Å²) in [5.41, 5.74) is -2.05. The maximum Gasteiger partial charge on any atom is 0.273 e. The van der Waals surface area contributed by atoms with Crippen LogP contribution in [0.3, 0.4) is 0 Å². The van der Waals surface area contributed by atoms with E-state index in [0.717, 1.165) is 17.1 Å². The number of carbonyl (C=O) groups excluding carboxylic acids is 1. The molecule has 2 bridgehead atoms. The Morgan fingerprint density at radius 1 is 1.37 bits per heavy atom. The second-order valence-corrected chi connectivity index (χ2v) is 10.8. The summed E-state index contributed by atoms with van der Waals surface area (Å²) >= 11 is 0. The quantitative estimate of drug-likeness (QED) is 0.804. The highest BCUT2D eigenvalue weighted by Gasteiger charge is 2.73. The molecule has 0 aromatic heterocycles. The minimum absolute atomic E-state index is 0.00113. The van der Waals surface area contributed by atoms with Gasteiger partial charge in [0, 0.05) is 11.8 Å². The van der Waals surface area contributed by atoms with Gasteiger partial charge >= 0.3 is 0 Å². The zero-order valence-corrected chi connectivity index (χ0v) is 16.7. The van der Waals surface area contributed by atoms with Crippen LogP contribution in [-0.2, 0) is 20.4 Å². The number of hydrogen-bond acceptors (Lipinski definition) is 4. The molecule has 3 fully saturated rings. The third-order valence-corrected chi connectivity index (χ3v) is 9.56. The number of rotatable bonds is 4. The zero-order chi connectivity index (χ0) is 19.7. The molecule has 1 spiro atoms. The fraction of sp³-hybridized carbons (Fsp3) is 0.571. The van der Waals surface area contributed by atoms with Crippen LogP contribution in [0.15, 0.2) is 43.0 Å². The lowest BCUT2D eigenvalue weighted by molar-refractivity contribution is -0.149. The Bertz CT molecular complexity index is 894. The Kier molecular flexibility index (Phi) is 3.93. The van der Waals surface area contributed by atoms with E-state index in [2.05, 4.69) is 20.4 Å². The molecule has 4 atom stereocenters. The molecule has 1 saturated heterocycles. The van der Waals surface area contributed by atoms with Gasteiger partial charge in [-0.25, -0.2) is 12.7 Å². The van der Waals surface area contributed by atoms with Crippen LogP contribution in [0.25, 0.3) is 0 Å². The first-order valence-electron chi connectivity index (χ1n) is 9.55. The van der Waals surface area contributed by atoms with Crippen molar-refractivity contribution in [3.05, 3.63) is 48.6 Å². The van der Waals surface area contributed by atoms with E-state index in [1.807, 2.05) is 0 Å². The first kappa shape index (κ1) is 18.7. The Labute approximate surface area is 161 Å². The predicted octanol–water partition coefficient (Wildman–Crippen LogP) is 2.82. The van der Waals surface area contributed by atoms with E-state index < -0.39 is 26.9 Å². The monoisotopic (exact) mass is 389 g/mol. The van der Waals surface area contributed by atoms with Crippen LogP contribution >= 0.6 is 0 Å². The van der Waals surface area contributed by atoms with Gasteiger partial charge in [-0.15, -0.1) is 6.58 Å². The van der Waals surface area contributed by atoms with Crippen molar-refractivity contribution in [1.82, 2.24) is 4.31 Å². The standard InChI is InChI=1S/C21H27NO4S/c1-4-11-21(24,15-8-6-5-7-9-15)18(23)22-17-13-16-10-12-20(17,19(16,2)3)14-27(22,25)26/h4-9,16-17,24H,1,10-14H2,2-3H3/t16-,17-,20-,21+/m0/s1. The van der Waals surface area contributed by atoms with E-state index >= 15 is 0 Å². The van der Waals surface area contributed by atoms with Crippen molar-refractivity contribution in [2.45, 2.75) is 51.2 Å². The molecule has 1 N–H and O–H groups in total. The molecule has 1 heterocycles. The Morgan fingerprint density at radius 3 is 2.63 bits per heavy atom. The van der Waals surface area contributed by atoms with E-state index in [4.69, 9.17) is 0 Å². The first-order chi connectivity index (χ1) is 12.6. The summed E-state index contributed by atoms with van der Waals surface area (Å²) in [5, 5.41) is 11.3. The van der Waals surface area contributed by atoms with Gasteiger partial charge in [0.05, 0.1) is 11.8 Å². The number of hydrogen-bond donors (Lipinski definition) is 1. The third-order valence-electron chi connectivity index (χ3n) is 7.66. The van der Waals surface area contributed by atoms with Gasteiger partial charge in [0.25, 0.3) is 5.91 Å². The van der Waals surface area contributed by atoms with E-state index in [1.165, 1.54) is 6.08 Å². The number of fused-ring (bicyclic) bond motifs is 1. The molecule has 0 radical (unpaired) electrons. The number of aliphatic hydroxyl groups is 1. The number of benzene rings is 1. The van der Waals surface area contributed by atoms with Crippen molar-refractivity contribution in [3.8, 4) is 0 Å². The highest BCUT2D eigenvalue weighted by molar-refractivity contribution is 7.90. The highest BCUT2D eigenvalue weighted by Crippen LogP contribution is 2.70. The van der Waals surface area contributed by atoms with Crippen molar-refractivity contribution >= 4 is 15.9 Å². The van der Waals surface area contributed by atoms with Crippen LogP contribution in [0.4, 0.5) is 0 Å². The van der Waals surface area contributed by atoms with Gasteiger partial charge in [0.1, 0.15) is 0 Å². The van der Waals surface area contributed by atoms with E-state index in [9.17, 15) is 18.3 Å². The van der Waals surface area contributed by atoms with Gasteiger partial charge in [-0.05, 0) is 36.2 Å². The predicted molar refractivity (Wildman–Crippen MR) is 103 cm³/mol.